The summed E-state index contributed by atoms with van der Waals surface area (Å²) in [5, 5.41) is 2.55. The second-order valence-electron chi connectivity index (χ2n) is 4.78. The second-order valence-corrected chi connectivity index (χ2v) is 6.95. The lowest BCUT2D eigenvalue weighted by Crippen LogP contribution is -2.29. The van der Waals surface area contributed by atoms with E-state index in [1.807, 2.05) is 6.08 Å². The third-order valence-corrected chi connectivity index (χ3v) is 4.93. The molecule has 0 fully saturated rings. The molecule has 22 heavy (non-hydrogen) atoms. The Morgan fingerprint density at radius 3 is 2.64 bits per heavy atom. The first-order valence-corrected chi connectivity index (χ1v) is 8.31. The maximum atomic E-state index is 12.8. The van der Waals surface area contributed by atoms with E-state index in [9.17, 15) is 21.6 Å². The minimum absolute atomic E-state index is 0.0774. The average molecular weight is 355 g/mol. The van der Waals surface area contributed by atoms with Gasteiger partial charge in [0.2, 0.25) is 10.0 Å². The van der Waals surface area contributed by atoms with Crippen LogP contribution < -0.4 is 10.0 Å². The summed E-state index contributed by atoms with van der Waals surface area (Å²) in [5.41, 5.74) is -0.273. The molecule has 0 radical (unpaired) electrons. The molecular formula is C13H14ClF3N2O2S. The molecule has 122 valence electrons. The third kappa shape index (κ3) is 4.22. The molecule has 0 atom stereocenters. The van der Waals surface area contributed by atoms with Crippen LogP contribution in [0.15, 0.2) is 34.7 Å². The number of halogens is 4. The van der Waals surface area contributed by atoms with Crippen LogP contribution in [0.2, 0.25) is 5.02 Å². The predicted octanol–water partition coefficient (Wildman–Crippen LogP) is 2.56. The van der Waals surface area contributed by atoms with Gasteiger partial charge >= 0.3 is 6.18 Å². The number of nitrogens with one attached hydrogen (secondary N) is 2. The summed E-state index contributed by atoms with van der Waals surface area (Å²) < 4.78 is 64.8. The van der Waals surface area contributed by atoms with Crippen LogP contribution >= 0.6 is 11.6 Å². The Morgan fingerprint density at radius 2 is 2.05 bits per heavy atom. The van der Waals surface area contributed by atoms with Crippen LogP contribution in [0.25, 0.3) is 0 Å². The van der Waals surface area contributed by atoms with Gasteiger partial charge in [-0.1, -0.05) is 23.3 Å². The summed E-state index contributed by atoms with van der Waals surface area (Å²) in [7, 11) is -4.03. The lowest BCUT2D eigenvalue weighted by Gasteiger charge is -2.15. The molecule has 0 amide bonds. The van der Waals surface area contributed by atoms with E-state index in [4.69, 9.17) is 11.6 Å². The highest BCUT2D eigenvalue weighted by atomic mass is 35.5. The standard InChI is InChI=1S/C13H14ClF3N2O2S/c14-12-2-1-10(7-11(12)13(15,16)17)22(20,21)19-8-9-3-5-18-6-4-9/h1-3,7,18-19H,4-6,8H2. The number of hydrogen-bond donors (Lipinski definition) is 2. The summed E-state index contributed by atoms with van der Waals surface area (Å²) >= 11 is 5.48. The van der Waals surface area contributed by atoms with Gasteiger partial charge in [-0.15, -0.1) is 0 Å². The number of hydrogen-bond acceptors (Lipinski definition) is 3. The fraction of sp³-hybridized carbons (Fsp3) is 0.385. The van der Waals surface area contributed by atoms with Crippen molar-refractivity contribution in [2.24, 2.45) is 0 Å². The topological polar surface area (TPSA) is 58.2 Å². The van der Waals surface area contributed by atoms with E-state index < -0.39 is 31.7 Å². The zero-order chi connectivity index (χ0) is 16.4. The van der Waals surface area contributed by atoms with Crippen molar-refractivity contribution >= 4 is 21.6 Å². The maximum absolute atomic E-state index is 12.8. The Morgan fingerprint density at radius 1 is 1.32 bits per heavy atom. The van der Waals surface area contributed by atoms with Crippen molar-refractivity contribution in [2.45, 2.75) is 17.5 Å². The largest absolute Gasteiger partial charge is 0.417 e. The van der Waals surface area contributed by atoms with Gasteiger partial charge in [-0.2, -0.15) is 13.2 Å². The first kappa shape index (κ1) is 17.3. The minimum atomic E-state index is -4.71. The monoisotopic (exact) mass is 354 g/mol. The summed E-state index contributed by atoms with van der Waals surface area (Å²) in [6, 6.07) is 2.53. The molecule has 0 aliphatic carbocycles. The molecule has 1 aliphatic heterocycles. The number of rotatable bonds is 4. The lowest BCUT2D eigenvalue weighted by atomic mass is 10.1. The molecule has 4 nitrogen and oxygen atoms in total. The molecule has 0 spiro atoms. The van der Waals surface area contributed by atoms with Crippen molar-refractivity contribution in [2.75, 3.05) is 19.6 Å². The second kappa shape index (κ2) is 6.57. The van der Waals surface area contributed by atoms with Gasteiger partial charge in [0, 0.05) is 13.1 Å². The van der Waals surface area contributed by atoms with E-state index in [1.54, 1.807) is 0 Å². The molecule has 1 aromatic rings. The smallest absolute Gasteiger partial charge is 0.313 e. The Balaban J connectivity index is 2.20. The SMILES string of the molecule is O=S(=O)(NCC1=CCNCC1)c1ccc(Cl)c(C(F)(F)F)c1. The highest BCUT2D eigenvalue weighted by Crippen LogP contribution is 2.35. The van der Waals surface area contributed by atoms with Gasteiger partial charge in [-0.05, 0) is 31.2 Å². The predicted molar refractivity (Wildman–Crippen MR) is 77.2 cm³/mol. The van der Waals surface area contributed by atoms with Crippen LogP contribution in [0.3, 0.4) is 0 Å². The van der Waals surface area contributed by atoms with Gasteiger partial charge in [0.15, 0.2) is 0 Å². The van der Waals surface area contributed by atoms with E-state index in [1.165, 1.54) is 0 Å². The molecular weight excluding hydrogens is 341 g/mol. The highest BCUT2D eigenvalue weighted by molar-refractivity contribution is 7.89. The first-order valence-electron chi connectivity index (χ1n) is 6.45. The fourth-order valence-electron chi connectivity index (χ4n) is 1.99. The van der Waals surface area contributed by atoms with Gasteiger partial charge in [0.25, 0.3) is 0 Å². The first-order chi connectivity index (χ1) is 10.2. The molecule has 2 rings (SSSR count). The summed E-state index contributed by atoms with van der Waals surface area (Å²) in [6.45, 7) is 1.47. The number of sulfonamides is 1. The Bertz CT molecular complexity index is 687. The number of benzene rings is 1. The molecule has 1 aliphatic rings. The van der Waals surface area contributed by atoms with Gasteiger partial charge in [-0.25, -0.2) is 13.1 Å². The summed E-state index contributed by atoms with van der Waals surface area (Å²) in [6.07, 6.45) is -2.16. The van der Waals surface area contributed by atoms with Crippen LogP contribution in [-0.4, -0.2) is 28.1 Å². The molecule has 0 bridgehead atoms. The molecule has 0 unspecified atom stereocenters. The highest BCUT2D eigenvalue weighted by Gasteiger charge is 2.34. The molecule has 1 heterocycles. The molecule has 0 saturated heterocycles. The minimum Gasteiger partial charge on any atom is -0.313 e. The van der Waals surface area contributed by atoms with Crippen LogP contribution in [0, 0.1) is 0 Å². The van der Waals surface area contributed by atoms with Crippen LogP contribution in [0.1, 0.15) is 12.0 Å². The van der Waals surface area contributed by atoms with Gasteiger partial charge in [0.05, 0.1) is 15.5 Å². The lowest BCUT2D eigenvalue weighted by molar-refractivity contribution is -0.137. The average Bonchev–Trinajstić information content (AvgIpc) is 2.45. The van der Waals surface area contributed by atoms with E-state index in [2.05, 4.69) is 10.0 Å². The van der Waals surface area contributed by atoms with Crippen LogP contribution in [0.5, 0.6) is 0 Å². The Hall–Kier alpha value is -1.09. The van der Waals surface area contributed by atoms with E-state index >= 15 is 0 Å². The quantitative estimate of drug-likeness (QED) is 0.817. The fourth-order valence-corrected chi connectivity index (χ4v) is 3.28. The molecule has 1 aromatic carbocycles. The maximum Gasteiger partial charge on any atom is 0.417 e. The van der Waals surface area contributed by atoms with Crippen molar-refractivity contribution in [1.29, 1.82) is 0 Å². The van der Waals surface area contributed by atoms with Crippen molar-refractivity contribution in [3.8, 4) is 0 Å². The van der Waals surface area contributed by atoms with Crippen LogP contribution in [0.4, 0.5) is 13.2 Å². The van der Waals surface area contributed by atoms with E-state index in [-0.39, 0.29) is 6.54 Å². The normalized spacial score (nSPS) is 16.5. The van der Waals surface area contributed by atoms with Crippen molar-refractivity contribution in [3.05, 3.63) is 40.4 Å². The Kier molecular flexibility index (Phi) is 5.16. The van der Waals surface area contributed by atoms with Gasteiger partial charge < -0.3 is 5.32 Å². The van der Waals surface area contributed by atoms with Gasteiger partial charge in [-0.3, -0.25) is 0 Å². The van der Waals surface area contributed by atoms with Crippen molar-refractivity contribution in [3.63, 3.8) is 0 Å². The molecule has 9 heteroatoms. The van der Waals surface area contributed by atoms with E-state index in [0.29, 0.717) is 19.0 Å². The summed E-state index contributed by atoms with van der Waals surface area (Å²) in [5.74, 6) is 0. The molecule has 0 saturated carbocycles. The van der Waals surface area contributed by atoms with Gasteiger partial charge in [0.1, 0.15) is 0 Å². The van der Waals surface area contributed by atoms with Crippen LogP contribution in [-0.2, 0) is 16.2 Å². The zero-order valence-corrected chi connectivity index (χ0v) is 12.9. The molecule has 0 aromatic heterocycles. The zero-order valence-electron chi connectivity index (χ0n) is 11.4. The molecule has 2 N–H and O–H groups in total. The van der Waals surface area contributed by atoms with Crippen molar-refractivity contribution < 1.29 is 21.6 Å². The van der Waals surface area contributed by atoms with Crippen molar-refractivity contribution in [1.82, 2.24) is 10.0 Å². The number of alkyl halides is 3. The van der Waals surface area contributed by atoms with E-state index in [0.717, 1.165) is 24.3 Å². The third-order valence-electron chi connectivity index (χ3n) is 3.20. The Labute approximate surface area is 131 Å². The summed E-state index contributed by atoms with van der Waals surface area (Å²) in [4.78, 5) is -0.459.